The van der Waals surface area contributed by atoms with Crippen LogP contribution in [0.4, 0.5) is 4.39 Å². The Morgan fingerprint density at radius 2 is 2.15 bits per heavy atom. The Labute approximate surface area is 238 Å². The first-order valence-electron chi connectivity index (χ1n) is 15.2. The van der Waals surface area contributed by atoms with Crippen molar-refractivity contribution < 1.29 is 13.9 Å². The molecule has 0 radical (unpaired) electrons. The van der Waals surface area contributed by atoms with E-state index < -0.39 is 0 Å². The van der Waals surface area contributed by atoms with Crippen molar-refractivity contribution in [3.8, 4) is 6.07 Å². The molecular formula is C31H45FN6O2. The number of likely N-dealkylation sites (N-methyl/N-ethyl adjacent to an activating group) is 1. The highest BCUT2D eigenvalue weighted by molar-refractivity contribution is 5.32. The molecule has 218 valence electrons. The van der Waals surface area contributed by atoms with Gasteiger partial charge >= 0.3 is 0 Å². The van der Waals surface area contributed by atoms with Crippen LogP contribution in [0.15, 0.2) is 30.9 Å². The van der Waals surface area contributed by atoms with E-state index in [9.17, 15) is 9.65 Å². The zero-order chi connectivity index (χ0) is 27.7. The third kappa shape index (κ3) is 5.73. The van der Waals surface area contributed by atoms with E-state index in [0.717, 1.165) is 63.1 Å². The minimum absolute atomic E-state index is 0.110. The molecule has 0 aromatic heterocycles. The van der Waals surface area contributed by atoms with Gasteiger partial charge < -0.3 is 14.4 Å². The largest absolute Gasteiger partial charge is 0.370 e. The van der Waals surface area contributed by atoms with Gasteiger partial charge in [0.1, 0.15) is 5.82 Å². The number of piperazine rings is 1. The molecule has 1 saturated carbocycles. The van der Waals surface area contributed by atoms with Gasteiger partial charge in [0.05, 0.1) is 37.5 Å². The number of hydrogen-bond acceptors (Lipinski definition) is 8. The number of nitrogens with one attached hydrogen (secondary N) is 2. The van der Waals surface area contributed by atoms with Gasteiger partial charge in [-0.15, -0.1) is 6.58 Å². The number of hydrogen-bond donors (Lipinski definition) is 2. The van der Waals surface area contributed by atoms with Crippen molar-refractivity contribution >= 4 is 0 Å². The summed E-state index contributed by atoms with van der Waals surface area (Å²) in [6, 6.07) is 8.59. The van der Waals surface area contributed by atoms with Gasteiger partial charge in [-0.05, 0) is 62.9 Å². The van der Waals surface area contributed by atoms with E-state index in [2.05, 4.69) is 45.0 Å². The number of benzene rings is 1. The monoisotopic (exact) mass is 552 g/mol. The molecule has 4 fully saturated rings. The fourth-order valence-corrected chi connectivity index (χ4v) is 7.94. The molecule has 1 aliphatic carbocycles. The van der Waals surface area contributed by atoms with Gasteiger partial charge in [0, 0.05) is 56.6 Å². The maximum atomic E-state index is 14.8. The SMILES string of the molecule is C=CCN1CCN(C2NC(OCC3CCCN3C)NC3C[C@]4(CCC32)Cc2c(F)cccc2CO4)CC1CC#N. The Kier molecular flexibility index (Phi) is 8.57. The summed E-state index contributed by atoms with van der Waals surface area (Å²) < 4.78 is 27.9. The molecule has 6 rings (SSSR count). The molecule has 4 heterocycles. The summed E-state index contributed by atoms with van der Waals surface area (Å²) in [5.41, 5.74) is 1.45. The second-order valence-electron chi connectivity index (χ2n) is 12.6. The van der Waals surface area contributed by atoms with Crippen LogP contribution in [0.3, 0.4) is 0 Å². The van der Waals surface area contributed by atoms with Gasteiger partial charge in [-0.1, -0.05) is 18.2 Å². The Bertz CT molecular complexity index is 1100. The van der Waals surface area contributed by atoms with Crippen molar-refractivity contribution in [3.63, 3.8) is 0 Å². The number of likely N-dealkylation sites (tertiary alicyclic amines) is 1. The van der Waals surface area contributed by atoms with Crippen molar-refractivity contribution in [1.29, 1.82) is 5.26 Å². The fraction of sp³-hybridized carbons (Fsp3) is 0.710. The molecule has 0 amide bonds. The molecule has 9 heteroatoms. The minimum Gasteiger partial charge on any atom is -0.370 e. The van der Waals surface area contributed by atoms with Gasteiger partial charge in [-0.25, -0.2) is 4.39 Å². The molecule has 0 bridgehead atoms. The number of halogens is 1. The molecule has 1 spiro atoms. The quantitative estimate of drug-likeness (QED) is 0.501. The smallest absolute Gasteiger partial charge is 0.164 e. The summed E-state index contributed by atoms with van der Waals surface area (Å²) in [6.45, 7) is 9.73. The van der Waals surface area contributed by atoms with Crippen molar-refractivity contribution in [2.24, 2.45) is 5.92 Å². The van der Waals surface area contributed by atoms with Crippen LogP contribution in [0.2, 0.25) is 0 Å². The molecule has 7 atom stereocenters. The Morgan fingerprint density at radius 1 is 1.25 bits per heavy atom. The third-order valence-corrected chi connectivity index (χ3v) is 10.2. The van der Waals surface area contributed by atoms with Gasteiger partial charge in [-0.3, -0.25) is 20.4 Å². The lowest BCUT2D eigenvalue weighted by Gasteiger charge is -2.56. The van der Waals surface area contributed by atoms with Gasteiger partial charge in [0.15, 0.2) is 6.35 Å². The van der Waals surface area contributed by atoms with Crippen LogP contribution in [0.1, 0.15) is 49.7 Å². The predicted octanol–water partition coefficient (Wildman–Crippen LogP) is 2.81. The lowest BCUT2D eigenvalue weighted by Crippen LogP contribution is -2.73. The average Bonchev–Trinajstić information content (AvgIpc) is 3.37. The maximum absolute atomic E-state index is 14.8. The molecule has 5 aliphatic rings. The van der Waals surface area contributed by atoms with E-state index >= 15 is 0 Å². The lowest BCUT2D eigenvalue weighted by molar-refractivity contribution is -0.151. The first-order chi connectivity index (χ1) is 19.5. The van der Waals surface area contributed by atoms with Crippen LogP contribution < -0.4 is 10.6 Å². The number of nitriles is 1. The first-order valence-corrected chi connectivity index (χ1v) is 15.2. The van der Waals surface area contributed by atoms with Crippen molar-refractivity contribution in [2.45, 2.75) is 87.8 Å². The highest BCUT2D eigenvalue weighted by Gasteiger charge is 2.51. The van der Waals surface area contributed by atoms with Crippen molar-refractivity contribution in [2.75, 3.05) is 46.4 Å². The summed E-state index contributed by atoms with van der Waals surface area (Å²) in [7, 11) is 2.18. The number of nitrogens with zero attached hydrogens (tertiary/aromatic N) is 4. The topological polar surface area (TPSA) is 76.0 Å². The van der Waals surface area contributed by atoms with Crippen LogP contribution >= 0.6 is 0 Å². The van der Waals surface area contributed by atoms with Gasteiger partial charge in [0.2, 0.25) is 0 Å². The minimum atomic E-state index is -0.354. The van der Waals surface area contributed by atoms with Crippen LogP contribution in [0.5, 0.6) is 0 Å². The van der Waals surface area contributed by atoms with Crippen LogP contribution in [-0.2, 0) is 22.5 Å². The second kappa shape index (κ2) is 12.1. The molecule has 6 unspecified atom stereocenters. The Balaban J connectivity index is 1.20. The highest BCUT2D eigenvalue weighted by atomic mass is 19.1. The van der Waals surface area contributed by atoms with Crippen LogP contribution in [-0.4, -0.2) is 97.3 Å². The molecule has 8 nitrogen and oxygen atoms in total. The van der Waals surface area contributed by atoms with Crippen molar-refractivity contribution in [3.05, 3.63) is 47.8 Å². The zero-order valence-electron chi connectivity index (χ0n) is 23.9. The van der Waals surface area contributed by atoms with E-state index in [1.165, 1.54) is 12.8 Å². The number of rotatable bonds is 7. The van der Waals surface area contributed by atoms with Gasteiger partial charge in [0.25, 0.3) is 0 Å². The predicted molar refractivity (Wildman–Crippen MR) is 152 cm³/mol. The first kappa shape index (κ1) is 28.2. The number of fused-ring (bicyclic) bond motifs is 2. The summed E-state index contributed by atoms with van der Waals surface area (Å²) in [5, 5.41) is 17.2. The molecule has 2 N–H and O–H groups in total. The summed E-state index contributed by atoms with van der Waals surface area (Å²) in [5.74, 6) is 0.264. The summed E-state index contributed by atoms with van der Waals surface area (Å²) in [4.78, 5) is 7.33. The summed E-state index contributed by atoms with van der Waals surface area (Å²) in [6.07, 6.45) is 8.10. The molecule has 3 saturated heterocycles. The van der Waals surface area contributed by atoms with Crippen molar-refractivity contribution in [1.82, 2.24) is 25.3 Å². The fourth-order valence-electron chi connectivity index (χ4n) is 7.94. The third-order valence-electron chi connectivity index (χ3n) is 10.2. The molecule has 1 aromatic rings. The maximum Gasteiger partial charge on any atom is 0.164 e. The molecule has 4 aliphatic heterocycles. The van der Waals surface area contributed by atoms with E-state index in [-0.39, 0.29) is 36.0 Å². The second-order valence-corrected chi connectivity index (χ2v) is 12.6. The standard InChI is InChI=1S/C31H45FN6O2/c1-3-13-37-15-16-38(19-23(37)10-12-33)29-25-9-11-31(17-26-22(20-40-31)6-4-8-27(26)32)18-28(25)34-30(35-29)39-21-24-7-5-14-36(24)2/h3-4,6,8,23-25,28-30,34-35H,1,5,7,9-11,13-21H2,2H3/t23?,24?,25?,28?,29?,30?,31-/m0/s1. The molecular weight excluding hydrogens is 507 g/mol. The Hall–Kier alpha value is -1.90. The van der Waals surface area contributed by atoms with Gasteiger partial charge in [-0.2, -0.15) is 5.26 Å². The van der Waals surface area contributed by atoms with E-state index in [1.54, 1.807) is 12.1 Å². The molecule has 1 aromatic carbocycles. The number of ether oxygens (including phenoxy) is 2. The lowest BCUT2D eigenvalue weighted by atomic mass is 9.69. The average molecular weight is 553 g/mol. The highest BCUT2D eigenvalue weighted by Crippen LogP contribution is 2.44. The zero-order valence-corrected chi connectivity index (χ0v) is 23.9. The summed E-state index contributed by atoms with van der Waals surface area (Å²) >= 11 is 0. The van der Waals surface area contributed by atoms with Crippen LogP contribution in [0.25, 0.3) is 0 Å². The Morgan fingerprint density at radius 3 is 2.95 bits per heavy atom. The normalized spacial score (nSPS) is 37.1. The van der Waals surface area contributed by atoms with E-state index in [1.807, 2.05) is 12.1 Å². The van der Waals surface area contributed by atoms with Crippen LogP contribution in [0, 0.1) is 23.1 Å². The molecule has 40 heavy (non-hydrogen) atoms. The van der Waals surface area contributed by atoms with E-state index in [4.69, 9.17) is 9.47 Å². The van der Waals surface area contributed by atoms with E-state index in [0.29, 0.717) is 38.0 Å².